The summed E-state index contributed by atoms with van der Waals surface area (Å²) >= 11 is 7.60. The first kappa shape index (κ1) is 11.9. The summed E-state index contributed by atoms with van der Waals surface area (Å²) < 4.78 is 13.4. The molecule has 0 aliphatic rings. The summed E-state index contributed by atoms with van der Waals surface area (Å²) in [7, 11) is 0. The Kier molecular flexibility index (Phi) is 5.34. The van der Waals surface area contributed by atoms with Gasteiger partial charge in [0.25, 0.3) is 0 Å². The zero-order valence-corrected chi connectivity index (χ0v) is 9.74. The molecule has 0 fully saturated rings. The standard InChI is InChI=1S/C11H14ClFS/c1-14-7-6-9(8-12)10-4-2-3-5-11(10)13/h2-5,9H,6-8H2,1H3. The van der Waals surface area contributed by atoms with Crippen molar-refractivity contribution in [2.45, 2.75) is 12.3 Å². The molecule has 0 amide bonds. The average Bonchev–Trinajstić information content (AvgIpc) is 2.21. The molecule has 3 heteroatoms. The summed E-state index contributed by atoms with van der Waals surface area (Å²) in [5.41, 5.74) is 0.747. The van der Waals surface area contributed by atoms with E-state index < -0.39 is 0 Å². The number of rotatable bonds is 5. The van der Waals surface area contributed by atoms with Crippen LogP contribution in [-0.4, -0.2) is 17.9 Å². The van der Waals surface area contributed by atoms with E-state index in [1.165, 1.54) is 6.07 Å². The lowest BCUT2D eigenvalue weighted by molar-refractivity contribution is 0.586. The highest BCUT2D eigenvalue weighted by Gasteiger charge is 2.13. The number of halogens is 2. The van der Waals surface area contributed by atoms with Gasteiger partial charge in [0.05, 0.1) is 0 Å². The summed E-state index contributed by atoms with van der Waals surface area (Å²) in [5.74, 6) is 1.51. The van der Waals surface area contributed by atoms with Crippen LogP contribution in [0.25, 0.3) is 0 Å². The topological polar surface area (TPSA) is 0 Å². The van der Waals surface area contributed by atoms with Crippen LogP contribution in [0.15, 0.2) is 24.3 Å². The molecule has 0 aromatic heterocycles. The Morgan fingerprint density at radius 3 is 2.71 bits per heavy atom. The van der Waals surface area contributed by atoms with Crippen molar-refractivity contribution in [3.63, 3.8) is 0 Å². The Bertz CT molecular complexity index is 278. The molecule has 14 heavy (non-hydrogen) atoms. The van der Waals surface area contributed by atoms with Crippen molar-refractivity contribution in [1.82, 2.24) is 0 Å². The smallest absolute Gasteiger partial charge is 0.126 e. The van der Waals surface area contributed by atoms with Crippen molar-refractivity contribution < 1.29 is 4.39 Å². The number of thioether (sulfide) groups is 1. The minimum absolute atomic E-state index is 0.140. The van der Waals surface area contributed by atoms with Gasteiger partial charge in [0, 0.05) is 11.8 Å². The Morgan fingerprint density at radius 1 is 1.43 bits per heavy atom. The molecular formula is C11H14ClFS. The van der Waals surface area contributed by atoms with Gasteiger partial charge in [-0.05, 0) is 30.1 Å². The monoisotopic (exact) mass is 232 g/mol. The normalized spacial score (nSPS) is 12.8. The molecule has 0 N–H and O–H groups in total. The predicted molar refractivity (Wildman–Crippen MR) is 62.9 cm³/mol. The largest absolute Gasteiger partial charge is 0.207 e. The zero-order valence-electron chi connectivity index (χ0n) is 8.17. The molecule has 0 spiro atoms. The Labute approximate surface area is 93.8 Å². The van der Waals surface area contributed by atoms with Crippen LogP contribution in [-0.2, 0) is 0 Å². The van der Waals surface area contributed by atoms with Crippen LogP contribution in [0.5, 0.6) is 0 Å². The summed E-state index contributed by atoms with van der Waals surface area (Å²) in [6.45, 7) is 0. The van der Waals surface area contributed by atoms with E-state index in [1.807, 2.05) is 18.4 Å². The molecule has 1 aromatic rings. The number of benzene rings is 1. The third-order valence-electron chi connectivity index (χ3n) is 2.20. The Morgan fingerprint density at radius 2 is 2.14 bits per heavy atom. The van der Waals surface area contributed by atoms with Crippen molar-refractivity contribution >= 4 is 23.4 Å². The van der Waals surface area contributed by atoms with E-state index in [2.05, 4.69) is 0 Å². The first-order valence-corrected chi connectivity index (χ1v) is 6.51. The minimum Gasteiger partial charge on any atom is -0.207 e. The van der Waals surface area contributed by atoms with E-state index in [0.29, 0.717) is 5.88 Å². The van der Waals surface area contributed by atoms with Crippen LogP contribution in [0.4, 0.5) is 4.39 Å². The molecule has 1 aromatic carbocycles. The van der Waals surface area contributed by atoms with Crippen molar-refractivity contribution in [3.8, 4) is 0 Å². The molecule has 0 heterocycles. The fourth-order valence-corrected chi connectivity index (χ4v) is 2.22. The third-order valence-corrected chi connectivity index (χ3v) is 3.22. The van der Waals surface area contributed by atoms with Gasteiger partial charge in [-0.1, -0.05) is 18.2 Å². The maximum atomic E-state index is 13.4. The van der Waals surface area contributed by atoms with Gasteiger partial charge in [-0.15, -0.1) is 11.6 Å². The SMILES string of the molecule is CSCCC(CCl)c1ccccc1F. The molecule has 0 nitrogen and oxygen atoms in total. The van der Waals surface area contributed by atoms with Crippen molar-refractivity contribution in [3.05, 3.63) is 35.6 Å². The van der Waals surface area contributed by atoms with E-state index in [0.717, 1.165) is 17.7 Å². The molecule has 1 unspecified atom stereocenters. The van der Waals surface area contributed by atoms with Gasteiger partial charge in [0.15, 0.2) is 0 Å². The van der Waals surface area contributed by atoms with Gasteiger partial charge < -0.3 is 0 Å². The molecule has 0 bridgehead atoms. The van der Waals surface area contributed by atoms with Gasteiger partial charge in [-0.2, -0.15) is 11.8 Å². The highest BCUT2D eigenvalue weighted by atomic mass is 35.5. The second-order valence-corrected chi connectivity index (χ2v) is 4.45. The van der Waals surface area contributed by atoms with E-state index in [1.54, 1.807) is 17.8 Å². The summed E-state index contributed by atoms with van der Waals surface area (Å²) in [6, 6.07) is 6.88. The lowest BCUT2D eigenvalue weighted by Gasteiger charge is -2.14. The highest BCUT2D eigenvalue weighted by Crippen LogP contribution is 2.24. The fourth-order valence-electron chi connectivity index (χ4n) is 1.38. The maximum absolute atomic E-state index is 13.4. The molecule has 0 saturated carbocycles. The number of hydrogen-bond donors (Lipinski definition) is 0. The van der Waals surface area contributed by atoms with E-state index in [4.69, 9.17) is 11.6 Å². The molecule has 78 valence electrons. The first-order chi connectivity index (χ1) is 6.79. The summed E-state index contributed by atoms with van der Waals surface area (Å²) in [6.07, 6.45) is 2.98. The lowest BCUT2D eigenvalue weighted by Crippen LogP contribution is -2.04. The molecule has 1 rings (SSSR count). The van der Waals surface area contributed by atoms with Crippen molar-refractivity contribution in [2.75, 3.05) is 17.9 Å². The lowest BCUT2D eigenvalue weighted by atomic mass is 9.98. The van der Waals surface area contributed by atoms with Crippen LogP contribution < -0.4 is 0 Å². The van der Waals surface area contributed by atoms with E-state index in [-0.39, 0.29) is 11.7 Å². The Hall–Kier alpha value is -0.210. The van der Waals surface area contributed by atoms with Crippen LogP contribution in [0.2, 0.25) is 0 Å². The van der Waals surface area contributed by atoms with Gasteiger partial charge in [-0.3, -0.25) is 0 Å². The van der Waals surface area contributed by atoms with Crippen LogP contribution >= 0.6 is 23.4 Å². The number of alkyl halides is 1. The quantitative estimate of drug-likeness (QED) is 0.694. The molecule has 0 aliphatic carbocycles. The summed E-state index contributed by atoms with van der Waals surface area (Å²) in [5, 5.41) is 0. The van der Waals surface area contributed by atoms with Crippen LogP contribution in [0, 0.1) is 5.82 Å². The molecule has 0 saturated heterocycles. The van der Waals surface area contributed by atoms with Crippen LogP contribution in [0.3, 0.4) is 0 Å². The molecular weight excluding hydrogens is 219 g/mol. The second-order valence-electron chi connectivity index (χ2n) is 3.15. The zero-order chi connectivity index (χ0) is 10.4. The van der Waals surface area contributed by atoms with Gasteiger partial charge in [-0.25, -0.2) is 4.39 Å². The fraction of sp³-hybridized carbons (Fsp3) is 0.455. The number of hydrogen-bond acceptors (Lipinski definition) is 1. The van der Waals surface area contributed by atoms with Gasteiger partial charge >= 0.3 is 0 Å². The Balaban J connectivity index is 2.73. The molecule has 0 aliphatic heterocycles. The van der Waals surface area contributed by atoms with Gasteiger partial charge in [0.2, 0.25) is 0 Å². The average molecular weight is 233 g/mol. The van der Waals surface area contributed by atoms with Gasteiger partial charge in [0.1, 0.15) is 5.82 Å². The van der Waals surface area contributed by atoms with E-state index >= 15 is 0 Å². The first-order valence-electron chi connectivity index (χ1n) is 4.59. The second kappa shape index (κ2) is 6.31. The summed E-state index contributed by atoms with van der Waals surface area (Å²) in [4.78, 5) is 0. The third kappa shape index (κ3) is 3.18. The van der Waals surface area contributed by atoms with E-state index in [9.17, 15) is 4.39 Å². The van der Waals surface area contributed by atoms with Crippen LogP contribution in [0.1, 0.15) is 17.9 Å². The van der Waals surface area contributed by atoms with Crippen molar-refractivity contribution in [2.24, 2.45) is 0 Å². The minimum atomic E-state index is -0.140. The maximum Gasteiger partial charge on any atom is 0.126 e. The highest BCUT2D eigenvalue weighted by molar-refractivity contribution is 7.98. The molecule has 0 radical (unpaired) electrons. The molecule has 1 atom stereocenters. The predicted octanol–water partition coefficient (Wildman–Crippen LogP) is 3.90. The van der Waals surface area contributed by atoms with Crippen molar-refractivity contribution in [1.29, 1.82) is 0 Å².